The van der Waals surface area contributed by atoms with Crippen molar-refractivity contribution >= 4 is 11.9 Å². The Morgan fingerprint density at radius 2 is 0.831 bits per heavy atom. The molecule has 0 spiro atoms. The van der Waals surface area contributed by atoms with Crippen molar-refractivity contribution in [3.63, 3.8) is 0 Å². The lowest BCUT2D eigenvalue weighted by Gasteiger charge is -2.24. The summed E-state index contributed by atoms with van der Waals surface area (Å²) >= 11 is 0. The fraction of sp³-hybridized carbons (Fsp3) is 0.887. The first kappa shape index (κ1) is 57.3. The molecule has 0 heterocycles. The van der Waals surface area contributed by atoms with Crippen LogP contribution in [0.2, 0.25) is 0 Å². The largest absolute Gasteiger partial charge is 0.462 e. The van der Waals surface area contributed by atoms with Gasteiger partial charge in [-0.3, -0.25) is 9.59 Å². The summed E-state index contributed by atoms with van der Waals surface area (Å²) in [5, 5.41) is 23.8. The first-order valence-electron chi connectivity index (χ1n) is 26.1. The molecule has 3 atom stereocenters. The van der Waals surface area contributed by atoms with E-state index in [0.717, 1.165) is 64.2 Å². The second-order valence-corrected chi connectivity index (χ2v) is 17.9. The number of aliphatic hydroxyl groups excluding tert-OH is 2. The van der Waals surface area contributed by atoms with Crippen LogP contribution in [-0.2, 0) is 14.3 Å². The Morgan fingerprint density at radius 1 is 0.475 bits per heavy atom. The smallest absolute Gasteiger partial charge is 0.306 e. The maximum atomic E-state index is 13.2. The minimum absolute atomic E-state index is 0.0724. The van der Waals surface area contributed by atoms with Gasteiger partial charge in [0.25, 0.3) is 0 Å². The summed E-state index contributed by atoms with van der Waals surface area (Å²) in [5.74, 6) is -0.482. The zero-order valence-electron chi connectivity index (χ0n) is 39.7. The van der Waals surface area contributed by atoms with E-state index in [0.29, 0.717) is 19.3 Å². The number of aliphatic hydroxyl groups is 2. The Kier molecular flexibility index (Phi) is 46.1. The van der Waals surface area contributed by atoms with E-state index in [2.05, 4.69) is 50.4 Å². The molecule has 1 amide bonds. The lowest BCUT2D eigenvalue weighted by molar-refractivity contribution is -0.151. The third-order valence-corrected chi connectivity index (χ3v) is 12.0. The quantitative estimate of drug-likeness (QED) is 0.0322. The van der Waals surface area contributed by atoms with Crippen LogP contribution in [0.3, 0.4) is 0 Å². The van der Waals surface area contributed by atoms with E-state index in [9.17, 15) is 19.8 Å². The third kappa shape index (κ3) is 42.8. The normalized spacial score (nSPS) is 13.4. The Bertz CT molecular complexity index is 935. The van der Waals surface area contributed by atoms with E-state index < -0.39 is 18.2 Å². The maximum absolute atomic E-state index is 13.2. The number of ether oxygens (including phenoxy) is 1. The number of amides is 1. The van der Waals surface area contributed by atoms with Gasteiger partial charge in [0.1, 0.15) is 6.10 Å². The van der Waals surface area contributed by atoms with Gasteiger partial charge in [-0.15, -0.1) is 0 Å². The monoisotopic (exact) mass is 832 g/mol. The molecule has 0 saturated heterocycles. The summed E-state index contributed by atoms with van der Waals surface area (Å²) in [6.45, 7) is 6.45. The molecule has 0 aliphatic heterocycles. The summed E-state index contributed by atoms with van der Waals surface area (Å²) in [5.41, 5.74) is 0. The molecule has 6 heteroatoms. The number of carbonyl (C=O) groups is 2. The Morgan fingerprint density at radius 3 is 1.25 bits per heavy atom. The molecule has 6 nitrogen and oxygen atoms in total. The molecule has 0 saturated carbocycles. The van der Waals surface area contributed by atoms with Gasteiger partial charge in [0, 0.05) is 6.42 Å². The molecule has 0 aromatic heterocycles. The Balaban J connectivity index is 4.55. The van der Waals surface area contributed by atoms with E-state index >= 15 is 0 Å². The number of hydrogen-bond acceptors (Lipinski definition) is 5. The molecule has 3 N–H and O–H groups in total. The van der Waals surface area contributed by atoms with Crippen molar-refractivity contribution in [1.29, 1.82) is 0 Å². The van der Waals surface area contributed by atoms with Gasteiger partial charge >= 0.3 is 5.97 Å². The van der Waals surface area contributed by atoms with E-state index in [-0.39, 0.29) is 24.9 Å². The van der Waals surface area contributed by atoms with Crippen LogP contribution in [0.25, 0.3) is 0 Å². The van der Waals surface area contributed by atoms with Gasteiger partial charge in [0.05, 0.1) is 25.2 Å². The van der Waals surface area contributed by atoms with Crippen molar-refractivity contribution < 1.29 is 24.5 Å². The maximum Gasteiger partial charge on any atom is 0.306 e. The SMILES string of the molecule is CCCC/C=C\CCCCCCCC(=O)OC(CCCCCCC/C=C/CCCCCCCC)CC(=O)NC(CO)C(O)CCCCCCCCCCCCCCCC. The molecule has 0 rings (SSSR count). The molecule has 0 aliphatic rings. The number of rotatable bonds is 47. The summed E-state index contributed by atoms with van der Waals surface area (Å²) in [4.78, 5) is 26.1. The average molecular weight is 832 g/mol. The average Bonchev–Trinajstić information content (AvgIpc) is 3.23. The number of nitrogens with one attached hydrogen (secondary N) is 1. The predicted molar refractivity (Wildman–Crippen MR) is 255 cm³/mol. The standard InChI is InChI=1S/C53H101NO5/c1-4-7-10-13-16-19-22-24-26-27-30-32-35-38-41-44-49(59-53(58)46-43-40-37-34-29-21-18-15-12-9-6-3)47-52(57)54-50(48-55)51(56)45-42-39-36-33-31-28-25-23-20-17-14-11-8-5-2/h15,18,24,26,49-51,55-56H,4-14,16-17,19-23,25,27-48H2,1-3H3,(H,54,57)/b18-15-,26-24+. The fourth-order valence-electron chi connectivity index (χ4n) is 7.99. The van der Waals surface area contributed by atoms with E-state index in [1.165, 1.54) is 167 Å². The second kappa shape index (κ2) is 47.4. The van der Waals surface area contributed by atoms with E-state index in [1.54, 1.807) is 0 Å². The minimum atomic E-state index is -0.787. The van der Waals surface area contributed by atoms with Crippen LogP contribution in [0.1, 0.15) is 278 Å². The second-order valence-electron chi connectivity index (χ2n) is 17.9. The van der Waals surface area contributed by atoms with Crippen molar-refractivity contribution in [2.75, 3.05) is 6.61 Å². The topological polar surface area (TPSA) is 95.9 Å². The van der Waals surface area contributed by atoms with Crippen molar-refractivity contribution in [3.05, 3.63) is 24.3 Å². The number of carbonyl (C=O) groups excluding carboxylic acids is 2. The molecule has 0 bridgehead atoms. The van der Waals surface area contributed by atoms with Crippen LogP contribution in [0, 0.1) is 0 Å². The fourth-order valence-corrected chi connectivity index (χ4v) is 7.99. The van der Waals surface area contributed by atoms with Crippen LogP contribution < -0.4 is 5.32 Å². The van der Waals surface area contributed by atoms with Crippen molar-refractivity contribution in [3.8, 4) is 0 Å². The number of hydrogen-bond donors (Lipinski definition) is 3. The van der Waals surface area contributed by atoms with E-state index in [4.69, 9.17) is 4.74 Å². The minimum Gasteiger partial charge on any atom is -0.462 e. The van der Waals surface area contributed by atoms with Gasteiger partial charge in [-0.1, -0.05) is 218 Å². The summed E-state index contributed by atoms with van der Waals surface area (Å²) < 4.78 is 5.92. The predicted octanol–water partition coefficient (Wildman–Crippen LogP) is 15.5. The van der Waals surface area contributed by atoms with Gasteiger partial charge in [-0.25, -0.2) is 0 Å². The van der Waals surface area contributed by atoms with Gasteiger partial charge in [0.2, 0.25) is 5.91 Å². The molecule has 0 fully saturated rings. The molecule has 0 radical (unpaired) electrons. The zero-order valence-corrected chi connectivity index (χ0v) is 39.7. The molecule has 0 aliphatic carbocycles. The lowest BCUT2D eigenvalue weighted by atomic mass is 10.0. The summed E-state index contributed by atoms with van der Waals surface area (Å²) in [7, 11) is 0. The Labute approximate surface area is 367 Å². The third-order valence-electron chi connectivity index (χ3n) is 12.0. The summed E-state index contributed by atoms with van der Waals surface area (Å²) in [6.07, 6.45) is 53.8. The number of esters is 1. The first-order chi connectivity index (χ1) is 29.0. The molecular weight excluding hydrogens is 731 g/mol. The molecule has 348 valence electrons. The summed E-state index contributed by atoms with van der Waals surface area (Å²) in [6, 6.07) is -0.701. The van der Waals surface area contributed by atoms with Crippen LogP contribution in [0.15, 0.2) is 24.3 Å². The highest BCUT2D eigenvalue weighted by atomic mass is 16.5. The van der Waals surface area contributed by atoms with Gasteiger partial charge in [0.15, 0.2) is 0 Å². The van der Waals surface area contributed by atoms with Crippen molar-refractivity contribution in [1.82, 2.24) is 5.32 Å². The lowest BCUT2D eigenvalue weighted by Crippen LogP contribution is -2.46. The molecule has 3 unspecified atom stereocenters. The number of unbranched alkanes of at least 4 members (excludes halogenated alkanes) is 31. The van der Waals surface area contributed by atoms with Crippen LogP contribution in [0.4, 0.5) is 0 Å². The van der Waals surface area contributed by atoms with Gasteiger partial charge in [-0.05, 0) is 70.6 Å². The van der Waals surface area contributed by atoms with Gasteiger partial charge in [-0.2, -0.15) is 0 Å². The highest BCUT2D eigenvalue weighted by Gasteiger charge is 2.24. The molecule has 59 heavy (non-hydrogen) atoms. The molecule has 0 aromatic rings. The highest BCUT2D eigenvalue weighted by molar-refractivity contribution is 5.77. The molecule has 0 aromatic carbocycles. The zero-order chi connectivity index (χ0) is 43.1. The van der Waals surface area contributed by atoms with Crippen LogP contribution >= 0.6 is 0 Å². The van der Waals surface area contributed by atoms with E-state index in [1.807, 2.05) is 0 Å². The number of allylic oxidation sites excluding steroid dienone is 4. The van der Waals surface area contributed by atoms with Gasteiger partial charge < -0.3 is 20.3 Å². The first-order valence-corrected chi connectivity index (χ1v) is 26.1. The van der Waals surface area contributed by atoms with Crippen molar-refractivity contribution in [2.24, 2.45) is 0 Å². The van der Waals surface area contributed by atoms with Crippen LogP contribution in [-0.4, -0.2) is 46.9 Å². The highest BCUT2D eigenvalue weighted by Crippen LogP contribution is 2.18. The van der Waals surface area contributed by atoms with Crippen LogP contribution in [0.5, 0.6) is 0 Å². The van der Waals surface area contributed by atoms with Crippen molar-refractivity contribution in [2.45, 2.75) is 296 Å². The Hall–Kier alpha value is -1.66. The molecular formula is C53H101NO5.